The maximum atomic E-state index is 3.75. The van der Waals surface area contributed by atoms with Gasteiger partial charge in [-0.15, -0.1) is 0 Å². The van der Waals surface area contributed by atoms with E-state index < -0.39 is 0 Å². The average molecular weight is 326 g/mol. The normalized spacial score (nSPS) is 14.3. The molecule has 2 unspecified atom stereocenters. The van der Waals surface area contributed by atoms with Crippen molar-refractivity contribution >= 4 is 15.9 Å². The van der Waals surface area contributed by atoms with Crippen LogP contribution in [0.15, 0.2) is 28.7 Å². The summed E-state index contributed by atoms with van der Waals surface area (Å²) in [6.45, 7) is 7.98. The van der Waals surface area contributed by atoms with Crippen LogP contribution in [0.25, 0.3) is 0 Å². The monoisotopic (exact) mass is 325 g/mol. The van der Waals surface area contributed by atoms with E-state index in [9.17, 15) is 0 Å². The van der Waals surface area contributed by atoms with Crippen molar-refractivity contribution in [2.24, 2.45) is 5.92 Å². The largest absolute Gasteiger partial charge is 0.310 e. The van der Waals surface area contributed by atoms with Gasteiger partial charge in [0.15, 0.2) is 0 Å². The van der Waals surface area contributed by atoms with Crippen LogP contribution < -0.4 is 5.32 Å². The molecule has 0 saturated heterocycles. The molecular formula is C17H28BrN. The molecule has 1 rings (SSSR count). The first-order valence-corrected chi connectivity index (χ1v) is 8.49. The summed E-state index contributed by atoms with van der Waals surface area (Å²) < 4.78 is 1.15. The van der Waals surface area contributed by atoms with Crippen molar-refractivity contribution < 1.29 is 0 Å². The second-order valence-electron chi connectivity index (χ2n) is 5.34. The number of nitrogens with one attached hydrogen (secondary N) is 1. The van der Waals surface area contributed by atoms with Crippen LogP contribution in [-0.4, -0.2) is 6.54 Å². The Bertz CT molecular complexity index is 334. The molecular weight excluding hydrogens is 298 g/mol. The maximum absolute atomic E-state index is 3.75. The first-order valence-electron chi connectivity index (χ1n) is 7.70. The van der Waals surface area contributed by atoms with Crippen LogP contribution in [0.1, 0.15) is 64.5 Å². The first-order chi connectivity index (χ1) is 9.21. The van der Waals surface area contributed by atoms with E-state index in [1.54, 1.807) is 0 Å². The molecule has 0 fully saturated rings. The Kier molecular flexibility index (Phi) is 8.40. The molecule has 0 saturated carbocycles. The Hall–Kier alpha value is -0.340. The number of rotatable bonds is 9. The highest BCUT2D eigenvalue weighted by molar-refractivity contribution is 9.10. The van der Waals surface area contributed by atoms with Gasteiger partial charge in [0.25, 0.3) is 0 Å². The van der Waals surface area contributed by atoms with E-state index in [4.69, 9.17) is 0 Å². The molecule has 0 heterocycles. The van der Waals surface area contributed by atoms with Crippen molar-refractivity contribution in [1.29, 1.82) is 0 Å². The Balaban J connectivity index is 2.49. The van der Waals surface area contributed by atoms with E-state index in [1.165, 1.54) is 31.2 Å². The van der Waals surface area contributed by atoms with Gasteiger partial charge >= 0.3 is 0 Å². The minimum atomic E-state index is 0.490. The number of benzene rings is 1. The fraction of sp³-hybridized carbons (Fsp3) is 0.647. The third-order valence-corrected chi connectivity index (χ3v) is 4.41. The molecule has 0 aliphatic carbocycles. The summed E-state index contributed by atoms with van der Waals surface area (Å²) in [4.78, 5) is 0. The van der Waals surface area contributed by atoms with Gasteiger partial charge in [0.2, 0.25) is 0 Å². The molecule has 0 radical (unpaired) electrons. The van der Waals surface area contributed by atoms with Gasteiger partial charge in [0.1, 0.15) is 0 Å². The summed E-state index contributed by atoms with van der Waals surface area (Å²) in [6, 6.07) is 9.20. The summed E-state index contributed by atoms with van der Waals surface area (Å²) in [5.74, 6) is 0.824. The highest BCUT2D eigenvalue weighted by atomic mass is 79.9. The summed E-state index contributed by atoms with van der Waals surface area (Å²) in [7, 11) is 0. The summed E-state index contributed by atoms with van der Waals surface area (Å²) in [5.41, 5.74) is 1.40. The van der Waals surface area contributed by atoms with Crippen LogP contribution in [0.2, 0.25) is 0 Å². The van der Waals surface area contributed by atoms with Gasteiger partial charge in [0, 0.05) is 10.5 Å². The molecule has 0 spiro atoms. The van der Waals surface area contributed by atoms with Gasteiger partial charge in [-0.3, -0.25) is 0 Å². The molecule has 0 bridgehead atoms. The van der Waals surface area contributed by atoms with Crippen molar-refractivity contribution in [2.45, 2.75) is 58.9 Å². The topological polar surface area (TPSA) is 12.0 Å². The lowest BCUT2D eigenvalue weighted by Gasteiger charge is -2.22. The van der Waals surface area contributed by atoms with Crippen LogP contribution in [0.3, 0.4) is 0 Å². The summed E-state index contributed by atoms with van der Waals surface area (Å²) in [6.07, 6.45) is 6.45. The zero-order chi connectivity index (χ0) is 14.1. The van der Waals surface area contributed by atoms with Gasteiger partial charge in [-0.2, -0.15) is 0 Å². The lowest BCUT2D eigenvalue weighted by atomic mass is 9.97. The Labute approximate surface area is 127 Å². The van der Waals surface area contributed by atoms with E-state index in [2.05, 4.69) is 66.3 Å². The minimum absolute atomic E-state index is 0.490. The average Bonchev–Trinajstić information content (AvgIpc) is 2.44. The zero-order valence-corrected chi connectivity index (χ0v) is 14.2. The molecule has 1 aromatic rings. The van der Waals surface area contributed by atoms with E-state index in [1.807, 2.05) is 0 Å². The fourth-order valence-electron chi connectivity index (χ4n) is 2.45. The van der Waals surface area contributed by atoms with Crippen LogP contribution in [0, 0.1) is 5.92 Å². The number of hydrogen-bond donors (Lipinski definition) is 1. The van der Waals surface area contributed by atoms with E-state index >= 15 is 0 Å². The molecule has 0 amide bonds. The highest BCUT2D eigenvalue weighted by Crippen LogP contribution is 2.20. The van der Waals surface area contributed by atoms with Gasteiger partial charge < -0.3 is 5.32 Å². The molecule has 0 aliphatic heterocycles. The minimum Gasteiger partial charge on any atom is -0.310 e. The zero-order valence-electron chi connectivity index (χ0n) is 12.6. The quantitative estimate of drug-likeness (QED) is 0.613. The van der Waals surface area contributed by atoms with Crippen molar-refractivity contribution in [3.63, 3.8) is 0 Å². The summed E-state index contributed by atoms with van der Waals surface area (Å²) in [5, 5.41) is 3.75. The number of hydrogen-bond acceptors (Lipinski definition) is 1. The van der Waals surface area contributed by atoms with Gasteiger partial charge in [-0.05, 0) is 43.0 Å². The van der Waals surface area contributed by atoms with Crippen molar-refractivity contribution in [3.8, 4) is 0 Å². The van der Waals surface area contributed by atoms with Crippen LogP contribution in [-0.2, 0) is 0 Å². The fourth-order valence-corrected chi connectivity index (χ4v) is 2.71. The Morgan fingerprint density at radius 3 is 2.26 bits per heavy atom. The predicted octanol–water partition coefficient (Wildman–Crippen LogP) is 5.71. The second kappa shape index (κ2) is 9.55. The van der Waals surface area contributed by atoms with Crippen molar-refractivity contribution in [1.82, 2.24) is 5.32 Å². The smallest absolute Gasteiger partial charge is 0.0317 e. The lowest BCUT2D eigenvalue weighted by Crippen LogP contribution is -2.27. The van der Waals surface area contributed by atoms with Crippen molar-refractivity contribution in [2.75, 3.05) is 6.54 Å². The number of halogens is 1. The van der Waals surface area contributed by atoms with Crippen LogP contribution >= 0.6 is 15.9 Å². The molecule has 2 atom stereocenters. The molecule has 1 aromatic carbocycles. The molecule has 108 valence electrons. The summed E-state index contributed by atoms with van der Waals surface area (Å²) >= 11 is 3.50. The maximum Gasteiger partial charge on any atom is 0.0317 e. The molecule has 0 aliphatic rings. The first kappa shape index (κ1) is 16.7. The second-order valence-corrected chi connectivity index (χ2v) is 6.25. The third-order valence-electron chi connectivity index (χ3n) is 3.88. The Morgan fingerprint density at radius 2 is 1.74 bits per heavy atom. The van der Waals surface area contributed by atoms with Gasteiger partial charge in [-0.25, -0.2) is 0 Å². The number of unbranched alkanes of at least 4 members (excludes halogenated alkanes) is 1. The van der Waals surface area contributed by atoms with Gasteiger partial charge in [0.05, 0.1) is 0 Å². The Morgan fingerprint density at radius 1 is 1.05 bits per heavy atom. The standard InChI is InChI=1S/C17H28BrN/c1-4-7-8-14(5-2)13-19-17(6-3)15-9-11-16(18)12-10-15/h9-12,14,17,19H,4-8,13H2,1-3H3. The molecule has 0 aromatic heterocycles. The lowest BCUT2D eigenvalue weighted by molar-refractivity contribution is 0.386. The van der Waals surface area contributed by atoms with E-state index in [0.29, 0.717) is 6.04 Å². The SMILES string of the molecule is CCCCC(CC)CNC(CC)c1ccc(Br)cc1. The predicted molar refractivity (Wildman–Crippen MR) is 88.5 cm³/mol. The van der Waals surface area contributed by atoms with Crippen molar-refractivity contribution in [3.05, 3.63) is 34.3 Å². The molecule has 2 heteroatoms. The van der Waals surface area contributed by atoms with Gasteiger partial charge in [-0.1, -0.05) is 68.1 Å². The molecule has 1 N–H and O–H groups in total. The highest BCUT2D eigenvalue weighted by Gasteiger charge is 2.11. The third kappa shape index (κ3) is 6.09. The molecule has 1 nitrogen and oxygen atoms in total. The van der Waals surface area contributed by atoms with Crippen LogP contribution in [0.4, 0.5) is 0 Å². The van der Waals surface area contributed by atoms with Crippen LogP contribution in [0.5, 0.6) is 0 Å². The van der Waals surface area contributed by atoms with E-state index in [0.717, 1.165) is 23.4 Å². The van der Waals surface area contributed by atoms with E-state index in [-0.39, 0.29) is 0 Å². The molecule has 19 heavy (non-hydrogen) atoms.